The van der Waals surface area contributed by atoms with Gasteiger partial charge in [0.05, 0.1) is 5.69 Å². The van der Waals surface area contributed by atoms with E-state index in [1.165, 1.54) is 0 Å². The molecule has 0 spiro atoms. The molecule has 3 nitrogen and oxygen atoms in total. The van der Waals surface area contributed by atoms with Crippen molar-refractivity contribution in [2.45, 2.75) is 6.23 Å². The molecule has 0 saturated carbocycles. The van der Waals surface area contributed by atoms with Crippen molar-refractivity contribution in [2.75, 3.05) is 0 Å². The van der Waals surface area contributed by atoms with Crippen molar-refractivity contribution in [1.29, 1.82) is 0 Å². The molecule has 9 heavy (non-hydrogen) atoms. The summed E-state index contributed by atoms with van der Waals surface area (Å²) in [6, 6.07) is 5.74. The summed E-state index contributed by atoms with van der Waals surface area (Å²) in [7, 11) is 0. The molecule has 0 bridgehead atoms. The van der Waals surface area contributed by atoms with E-state index < -0.39 is 0 Å². The predicted octanol–water partition coefficient (Wildman–Crippen LogP) is 0.615. The normalized spacial score (nSPS) is 23.8. The van der Waals surface area contributed by atoms with Gasteiger partial charge in [-0.25, -0.2) is 0 Å². The van der Waals surface area contributed by atoms with E-state index in [9.17, 15) is 0 Å². The molecule has 2 rings (SSSR count). The van der Waals surface area contributed by atoms with Crippen molar-refractivity contribution in [1.82, 2.24) is 10.5 Å². The third-order valence-corrected chi connectivity index (χ3v) is 1.19. The highest BCUT2D eigenvalue weighted by Crippen LogP contribution is 2.19. The van der Waals surface area contributed by atoms with Gasteiger partial charge in [0.15, 0.2) is 6.23 Å². The van der Waals surface area contributed by atoms with Gasteiger partial charge < -0.3 is 0 Å². The zero-order valence-corrected chi connectivity index (χ0v) is 4.74. The largest absolute Gasteiger partial charge is 0.271 e. The van der Waals surface area contributed by atoms with Crippen molar-refractivity contribution >= 4 is 0 Å². The van der Waals surface area contributed by atoms with E-state index in [0.29, 0.717) is 0 Å². The zero-order valence-electron chi connectivity index (χ0n) is 4.74. The summed E-state index contributed by atoms with van der Waals surface area (Å²) in [5.41, 5.74) is 3.63. The maximum absolute atomic E-state index is 4.78. The standard InChI is InChI=1S/C6H6N2O/c1-2-4-7-5(3-1)6-8-9-6/h1-4,6,8H. The average molecular weight is 122 g/mol. The van der Waals surface area contributed by atoms with Gasteiger partial charge in [-0.3, -0.25) is 9.82 Å². The first kappa shape index (κ1) is 4.90. The number of nitrogens with zero attached hydrogens (tertiary/aromatic N) is 1. The quantitative estimate of drug-likeness (QED) is 0.555. The van der Waals surface area contributed by atoms with E-state index in [0.717, 1.165) is 5.69 Å². The molecule has 1 atom stereocenters. The molecule has 0 radical (unpaired) electrons. The van der Waals surface area contributed by atoms with Crippen molar-refractivity contribution < 1.29 is 4.84 Å². The molecule has 1 unspecified atom stereocenters. The summed E-state index contributed by atoms with van der Waals surface area (Å²) in [5, 5.41) is 0. The summed E-state index contributed by atoms with van der Waals surface area (Å²) < 4.78 is 0. The molecule has 0 aromatic carbocycles. The van der Waals surface area contributed by atoms with Crippen LogP contribution in [0.4, 0.5) is 0 Å². The zero-order chi connectivity index (χ0) is 6.10. The van der Waals surface area contributed by atoms with Gasteiger partial charge in [-0.2, -0.15) is 5.48 Å². The lowest BCUT2D eigenvalue weighted by molar-refractivity contribution is 0.372. The first-order chi connectivity index (χ1) is 4.47. The van der Waals surface area contributed by atoms with Crippen LogP contribution < -0.4 is 5.48 Å². The Bertz CT molecular complexity index is 195. The van der Waals surface area contributed by atoms with Crippen LogP contribution in [0.15, 0.2) is 24.4 Å². The monoisotopic (exact) mass is 122 g/mol. The van der Waals surface area contributed by atoms with E-state index in [1.54, 1.807) is 6.20 Å². The van der Waals surface area contributed by atoms with E-state index in [1.807, 2.05) is 18.2 Å². The molecule has 1 saturated heterocycles. The van der Waals surface area contributed by atoms with Gasteiger partial charge in [0, 0.05) is 6.20 Å². The minimum Gasteiger partial charge on any atom is -0.271 e. The third-order valence-electron chi connectivity index (χ3n) is 1.19. The van der Waals surface area contributed by atoms with Crippen LogP contribution in [0.2, 0.25) is 0 Å². The molecule has 0 amide bonds. The summed E-state index contributed by atoms with van der Waals surface area (Å²) in [5.74, 6) is 0. The molecule has 3 heteroatoms. The van der Waals surface area contributed by atoms with Crippen LogP contribution in [0.5, 0.6) is 0 Å². The van der Waals surface area contributed by atoms with Crippen LogP contribution in [-0.4, -0.2) is 4.98 Å². The Morgan fingerprint density at radius 3 is 3.00 bits per heavy atom. The van der Waals surface area contributed by atoms with E-state index in [4.69, 9.17) is 4.84 Å². The Hall–Kier alpha value is -0.930. The third kappa shape index (κ3) is 0.918. The Kier molecular flexibility index (Phi) is 0.974. The fraction of sp³-hybridized carbons (Fsp3) is 0.167. The van der Waals surface area contributed by atoms with E-state index in [-0.39, 0.29) is 6.23 Å². The van der Waals surface area contributed by atoms with Crippen LogP contribution >= 0.6 is 0 Å². The summed E-state index contributed by atoms with van der Waals surface area (Å²) in [4.78, 5) is 8.84. The number of aromatic nitrogens is 1. The predicted molar refractivity (Wildman–Crippen MR) is 31.2 cm³/mol. The lowest BCUT2D eigenvalue weighted by Gasteiger charge is -1.87. The van der Waals surface area contributed by atoms with Gasteiger partial charge in [0.25, 0.3) is 0 Å². The Balaban J connectivity index is 2.29. The highest BCUT2D eigenvalue weighted by atomic mass is 16.8. The van der Waals surface area contributed by atoms with Gasteiger partial charge >= 0.3 is 0 Å². The van der Waals surface area contributed by atoms with Gasteiger partial charge in [-0.05, 0) is 12.1 Å². The minimum absolute atomic E-state index is 0.0474. The van der Waals surface area contributed by atoms with E-state index in [2.05, 4.69) is 10.5 Å². The van der Waals surface area contributed by atoms with Crippen molar-refractivity contribution in [3.63, 3.8) is 0 Å². The molecular formula is C6H6N2O. The molecule has 2 heterocycles. The maximum Gasteiger partial charge on any atom is 0.193 e. The summed E-state index contributed by atoms with van der Waals surface area (Å²) >= 11 is 0. The van der Waals surface area contributed by atoms with Gasteiger partial charge in [0.2, 0.25) is 0 Å². The highest BCUT2D eigenvalue weighted by Gasteiger charge is 2.24. The van der Waals surface area contributed by atoms with Gasteiger partial charge in [-0.1, -0.05) is 6.07 Å². The Labute approximate surface area is 52.6 Å². The van der Waals surface area contributed by atoms with Crippen LogP contribution in [0.25, 0.3) is 0 Å². The number of nitrogens with one attached hydrogen (secondary N) is 1. The van der Waals surface area contributed by atoms with Crippen molar-refractivity contribution in [3.05, 3.63) is 30.1 Å². The fourth-order valence-electron chi connectivity index (χ4n) is 0.686. The molecule has 0 aliphatic carbocycles. The second kappa shape index (κ2) is 1.79. The lowest BCUT2D eigenvalue weighted by Crippen LogP contribution is -1.86. The SMILES string of the molecule is c1ccc(C2NO2)nc1. The fourth-order valence-corrected chi connectivity index (χ4v) is 0.686. The second-order valence-corrected chi connectivity index (χ2v) is 1.87. The summed E-state index contributed by atoms with van der Waals surface area (Å²) in [6.45, 7) is 0. The molecule has 1 aromatic heterocycles. The maximum atomic E-state index is 4.78. The number of hydroxylamine groups is 1. The Morgan fingerprint density at radius 2 is 2.44 bits per heavy atom. The second-order valence-electron chi connectivity index (χ2n) is 1.87. The Morgan fingerprint density at radius 1 is 1.56 bits per heavy atom. The molecule has 46 valence electrons. The molecule has 1 N–H and O–H groups in total. The number of pyridine rings is 1. The van der Waals surface area contributed by atoms with Crippen LogP contribution in [0, 0.1) is 0 Å². The average Bonchev–Trinajstić information content (AvgIpc) is 2.71. The minimum atomic E-state index is 0.0474. The molecule has 1 aliphatic rings. The number of hydrogen-bond acceptors (Lipinski definition) is 3. The molecule has 1 fully saturated rings. The first-order valence-electron chi connectivity index (χ1n) is 2.79. The van der Waals surface area contributed by atoms with Crippen LogP contribution in [0.1, 0.15) is 11.9 Å². The van der Waals surface area contributed by atoms with Crippen molar-refractivity contribution in [3.8, 4) is 0 Å². The number of rotatable bonds is 1. The topological polar surface area (TPSA) is 47.4 Å². The lowest BCUT2D eigenvalue weighted by atomic mass is 10.3. The smallest absolute Gasteiger partial charge is 0.193 e. The first-order valence-corrected chi connectivity index (χ1v) is 2.79. The molecule has 1 aromatic rings. The van der Waals surface area contributed by atoms with E-state index >= 15 is 0 Å². The number of hydrogen-bond donors (Lipinski definition) is 1. The molecule has 1 aliphatic heterocycles. The molecular weight excluding hydrogens is 116 g/mol. The van der Waals surface area contributed by atoms with Gasteiger partial charge in [-0.15, -0.1) is 0 Å². The van der Waals surface area contributed by atoms with Crippen molar-refractivity contribution in [2.24, 2.45) is 0 Å². The van der Waals surface area contributed by atoms with Gasteiger partial charge in [0.1, 0.15) is 0 Å². The highest BCUT2D eigenvalue weighted by molar-refractivity contribution is 5.07. The summed E-state index contributed by atoms with van der Waals surface area (Å²) in [6.07, 6.45) is 1.80. The van der Waals surface area contributed by atoms with Crippen LogP contribution in [0.3, 0.4) is 0 Å². The van der Waals surface area contributed by atoms with Crippen LogP contribution in [-0.2, 0) is 4.84 Å².